The van der Waals surface area contributed by atoms with Crippen molar-refractivity contribution in [3.8, 4) is 11.5 Å². The Hall–Kier alpha value is -4.97. The van der Waals surface area contributed by atoms with Gasteiger partial charge in [0.15, 0.2) is 17.3 Å². The van der Waals surface area contributed by atoms with Crippen molar-refractivity contribution < 1.29 is 23.9 Å². The van der Waals surface area contributed by atoms with Crippen LogP contribution >= 0.6 is 0 Å². The van der Waals surface area contributed by atoms with Gasteiger partial charge in [-0.25, -0.2) is 0 Å². The zero-order chi connectivity index (χ0) is 29.0. The van der Waals surface area contributed by atoms with Crippen LogP contribution < -0.4 is 14.4 Å². The molecular weight excluding hydrogens is 526 g/mol. The number of Topliss-reactive ketones (excluding diaryl/α,β-unsaturated/α-hetero) is 3. The number of ether oxygens (including phenoxy) is 2. The lowest BCUT2D eigenvalue weighted by atomic mass is 9.64. The van der Waals surface area contributed by atoms with E-state index >= 15 is 0 Å². The van der Waals surface area contributed by atoms with Gasteiger partial charge >= 0.3 is 0 Å². The number of rotatable bonds is 6. The third-order valence-corrected chi connectivity index (χ3v) is 8.89. The fraction of sp³-hybridized carbons (Fsp3) is 0.194. The van der Waals surface area contributed by atoms with E-state index in [-0.39, 0.29) is 17.3 Å². The third-order valence-electron chi connectivity index (χ3n) is 8.89. The number of carbonyl (C=O) groups excluding carboxylic acids is 3. The monoisotopic (exact) mass is 555 g/mol. The van der Waals surface area contributed by atoms with Gasteiger partial charge in [-0.15, -0.1) is 0 Å². The highest BCUT2D eigenvalue weighted by molar-refractivity contribution is 6.32. The Balaban J connectivity index is 1.56. The van der Waals surface area contributed by atoms with Gasteiger partial charge in [-0.2, -0.15) is 0 Å². The molecule has 7 rings (SSSR count). The maximum atomic E-state index is 14.9. The van der Waals surface area contributed by atoms with Gasteiger partial charge in [0.05, 0.1) is 19.8 Å². The number of benzene rings is 4. The first-order valence-electron chi connectivity index (χ1n) is 14.2. The summed E-state index contributed by atoms with van der Waals surface area (Å²) in [4.78, 5) is 46.5. The summed E-state index contributed by atoms with van der Waals surface area (Å²) in [5.74, 6) is -0.461. The smallest absolute Gasteiger partial charge is 0.186 e. The molecule has 2 aliphatic heterocycles. The molecule has 1 aliphatic carbocycles. The van der Waals surface area contributed by atoms with E-state index < -0.39 is 23.4 Å². The number of hydrogen-bond donors (Lipinski definition) is 0. The molecule has 0 amide bonds. The second-order valence-electron chi connectivity index (χ2n) is 10.8. The normalized spacial score (nSPS) is 21.2. The standard InChI is InChI=1S/C36H29NO5/c1-3-42-29-18-9-7-16-27(29)31-32(33(38)23-12-10-13-24(21-23)41-2)37-28-17-8-4-11-22(28)19-20-30(37)36(31)34(39)25-14-5-6-15-26(25)35(36)40/h4-21,30-32H,3H2,1-2H3/t30-,31-,32+/m0/s1. The van der Waals surface area contributed by atoms with Crippen molar-refractivity contribution in [2.45, 2.75) is 24.9 Å². The van der Waals surface area contributed by atoms with Gasteiger partial charge in [-0.1, -0.05) is 84.9 Å². The first-order valence-corrected chi connectivity index (χ1v) is 14.2. The van der Waals surface area contributed by atoms with Crippen molar-refractivity contribution in [3.05, 3.63) is 131 Å². The number of anilines is 1. The molecule has 42 heavy (non-hydrogen) atoms. The minimum absolute atomic E-state index is 0.200. The van der Waals surface area contributed by atoms with Crippen LogP contribution in [-0.4, -0.2) is 43.2 Å². The molecule has 1 spiro atoms. The topological polar surface area (TPSA) is 72.9 Å². The summed E-state index contributed by atoms with van der Waals surface area (Å²) in [5, 5.41) is 0. The minimum atomic E-state index is -1.58. The molecule has 3 aliphatic rings. The summed E-state index contributed by atoms with van der Waals surface area (Å²) in [6, 6.07) is 27.7. The number of nitrogens with zero attached hydrogens (tertiary/aromatic N) is 1. The predicted octanol–water partition coefficient (Wildman–Crippen LogP) is 6.41. The first-order chi connectivity index (χ1) is 20.5. The zero-order valence-corrected chi connectivity index (χ0v) is 23.3. The fourth-order valence-corrected chi connectivity index (χ4v) is 7.23. The molecule has 6 nitrogen and oxygen atoms in total. The van der Waals surface area contributed by atoms with Crippen molar-refractivity contribution in [2.75, 3.05) is 18.6 Å². The Morgan fingerprint density at radius 1 is 0.857 bits per heavy atom. The molecule has 6 heteroatoms. The number of hydrogen-bond acceptors (Lipinski definition) is 6. The summed E-state index contributed by atoms with van der Waals surface area (Å²) >= 11 is 0. The lowest BCUT2D eigenvalue weighted by Crippen LogP contribution is -2.48. The van der Waals surface area contributed by atoms with Crippen LogP contribution in [0.15, 0.2) is 103 Å². The van der Waals surface area contributed by atoms with E-state index in [1.165, 1.54) is 0 Å². The van der Waals surface area contributed by atoms with E-state index in [1.54, 1.807) is 55.6 Å². The van der Waals surface area contributed by atoms with Gasteiger partial charge in [-0.05, 0) is 36.8 Å². The van der Waals surface area contributed by atoms with Crippen LogP contribution in [-0.2, 0) is 0 Å². The van der Waals surface area contributed by atoms with Crippen LogP contribution in [0.1, 0.15) is 55.0 Å². The molecule has 208 valence electrons. The van der Waals surface area contributed by atoms with Crippen LogP contribution in [0, 0.1) is 5.41 Å². The molecule has 0 unspecified atom stereocenters. The number of methoxy groups -OCH3 is 1. The molecule has 0 aromatic heterocycles. The van der Waals surface area contributed by atoms with E-state index in [0.717, 1.165) is 11.3 Å². The Kier molecular flexibility index (Phi) is 6.08. The summed E-state index contributed by atoms with van der Waals surface area (Å²) in [5.41, 5.74) is 2.03. The third kappa shape index (κ3) is 3.48. The maximum absolute atomic E-state index is 14.9. The van der Waals surface area contributed by atoms with Crippen LogP contribution in [0.25, 0.3) is 6.08 Å². The van der Waals surface area contributed by atoms with Gasteiger partial charge in [-0.3, -0.25) is 14.4 Å². The van der Waals surface area contributed by atoms with Crippen molar-refractivity contribution in [1.82, 2.24) is 0 Å². The first kappa shape index (κ1) is 26.0. The second-order valence-corrected chi connectivity index (χ2v) is 10.8. The lowest BCUT2D eigenvalue weighted by molar-refractivity contribution is 0.0664. The summed E-state index contributed by atoms with van der Waals surface area (Å²) < 4.78 is 11.6. The summed E-state index contributed by atoms with van der Waals surface area (Å²) in [7, 11) is 1.56. The molecule has 3 atom stereocenters. The highest BCUT2D eigenvalue weighted by atomic mass is 16.5. The van der Waals surface area contributed by atoms with E-state index in [4.69, 9.17) is 9.47 Å². The lowest BCUT2D eigenvalue weighted by Gasteiger charge is -2.37. The molecule has 1 fully saturated rings. The van der Waals surface area contributed by atoms with E-state index in [0.29, 0.717) is 40.4 Å². The van der Waals surface area contributed by atoms with Gasteiger partial charge in [0.1, 0.15) is 23.0 Å². The molecule has 0 saturated carbocycles. The molecule has 4 aromatic rings. The highest BCUT2D eigenvalue weighted by Crippen LogP contribution is 2.62. The van der Waals surface area contributed by atoms with Gasteiger partial charge in [0, 0.05) is 33.9 Å². The summed E-state index contributed by atoms with van der Waals surface area (Å²) in [6.07, 6.45) is 3.89. The van der Waals surface area contributed by atoms with E-state index in [9.17, 15) is 14.4 Å². The minimum Gasteiger partial charge on any atom is -0.497 e. The van der Waals surface area contributed by atoms with Gasteiger partial charge in [0.2, 0.25) is 0 Å². The van der Waals surface area contributed by atoms with Crippen LogP contribution in [0.4, 0.5) is 5.69 Å². The van der Waals surface area contributed by atoms with Crippen molar-refractivity contribution in [2.24, 2.45) is 5.41 Å². The van der Waals surface area contributed by atoms with E-state index in [1.807, 2.05) is 72.5 Å². The molecule has 2 heterocycles. The predicted molar refractivity (Wildman–Crippen MR) is 161 cm³/mol. The number of carbonyl (C=O) groups is 3. The highest BCUT2D eigenvalue weighted by Gasteiger charge is 2.71. The maximum Gasteiger partial charge on any atom is 0.186 e. The molecule has 0 bridgehead atoms. The Bertz CT molecular complexity index is 1750. The fourth-order valence-electron chi connectivity index (χ4n) is 7.23. The second kappa shape index (κ2) is 9.84. The van der Waals surface area contributed by atoms with Crippen LogP contribution in [0.5, 0.6) is 11.5 Å². The number of ketones is 3. The van der Waals surface area contributed by atoms with E-state index in [2.05, 4.69) is 0 Å². The van der Waals surface area contributed by atoms with Gasteiger partial charge < -0.3 is 14.4 Å². The zero-order valence-electron chi connectivity index (χ0n) is 23.3. The van der Waals surface area contributed by atoms with Crippen molar-refractivity contribution >= 4 is 29.1 Å². The SMILES string of the molecule is CCOc1ccccc1[C@H]1[C@H](C(=O)c2cccc(OC)c2)N2c3ccccc3C=C[C@H]2C12C(=O)c1ccccc1C2=O. The Labute approximate surface area is 244 Å². The van der Waals surface area contributed by atoms with Crippen molar-refractivity contribution in [1.29, 1.82) is 0 Å². The van der Waals surface area contributed by atoms with Crippen LogP contribution in [0.3, 0.4) is 0 Å². The Morgan fingerprint density at radius 2 is 1.55 bits per heavy atom. The Morgan fingerprint density at radius 3 is 2.29 bits per heavy atom. The molecule has 0 N–H and O–H groups in total. The summed E-state index contributed by atoms with van der Waals surface area (Å²) in [6.45, 7) is 2.29. The molecule has 1 saturated heterocycles. The molecule has 4 aromatic carbocycles. The average Bonchev–Trinajstić information content (AvgIpc) is 3.47. The molecule has 0 radical (unpaired) electrons. The number of fused-ring (bicyclic) bond motifs is 5. The van der Waals surface area contributed by atoms with Crippen molar-refractivity contribution in [3.63, 3.8) is 0 Å². The quantitative estimate of drug-likeness (QED) is 0.202. The number of para-hydroxylation sites is 2. The molecular formula is C36H29NO5. The van der Waals surface area contributed by atoms with Crippen LogP contribution in [0.2, 0.25) is 0 Å². The largest absolute Gasteiger partial charge is 0.497 e. The average molecular weight is 556 g/mol. The van der Waals surface area contributed by atoms with Gasteiger partial charge in [0.25, 0.3) is 0 Å².